The van der Waals surface area contributed by atoms with Crippen molar-refractivity contribution in [3.63, 3.8) is 0 Å². The Morgan fingerprint density at radius 2 is 2.08 bits per heavy atom. The first kappa shape index (κ1) is 21.4. The fourth-order valence-corrected chi connectivity index (χ4v) is 4.10. The van der Waals surface area contributed by atoms with Gasteiger partial charge in [0, 0.05) is 38.7 Å². The van der Waals surface area contributed by atoms with Gasteiger partial charge in [0.15, 0.2) is 5.96 Å². The molecule has 0 amide bonds. The number of aliphatic imine (C=N–C) groups is 1. The highest BCUT2D eigenvalue weighted by Gasteiger charge is 2.42. The smallest absolute Gasteiger partial charge is 0.238 e. The van der Waals surface area contributed by atoms with E-state index in [1.54, 1.807) is 31.3 Å². The maximum atomic E-state index is 11.3. The maximum Gasteiger partial charge on any atom is 0.238 e. The summed E-state index contributed by atoms with van der Waals surface area (Å²) in [6, 6.07) is 6.68. The number of halogens is 1. The number of sulfonamides is 1. The van der Waals surface area contributed by atoms with E-state index in [4.69, 9.17) is 9.88 Å². The lowest BCUT2D eigenvalue weighted by Gasteiger charge is -2.25. The first-order valence-corrected chi connectivity index (χ1v) is 10.1. The van der Waals surface area contributed by atoms with E-state index in [-0.39, 0.29) is 28.9 Å². The van der Waals surface area contributed by atoms with Gasteiger partial charge in [0.2, 0.25) is 10.0 Å². The summed E-state index contributed by atoms with van der Waals surface area (Å²) >= 11 is 0. The summed E-state index contributed by atoms with van der Waals surface area (Å²) in [6.45, 7) is 4.47. The molecule has 26 heavy (non-hydrogen) atoms. The van der Waals surface area contributed by atoms with Crippen LogP contribution in [0.5, 0.6) is 0 Å². The summed E-state index contributed by atoms with van der Waals surface area (Å²) in [5.41, 5.74) is 1.36. The second-order valence-corrected chi connectivity index (χ2v) is 8.45. The molecule has 1 atom stereocenters. The molecule has 3 N–H and O–H groups in total. The largest absolute Gasteiger partial charge is 0.381 e. The molecule has 2 aliphatic rings. The fraction of sp³-hybridized carbons (Fsp3) is 0.588. The molecule has 0 radical (unpaired) electrons. The summed E-state index contributed by atoms with van der Waals surface area (Å²) in [4.78, 5) is 6.84. The Balaban J connectivity index is 0.00000243. The minimum absolute atomic E-state index is 0. The van der Waals surface area contributed by atoms with Crippen LogP contribution in [0.15, 0.2) is 34.2 Å². The van der Waals surface area contributed by atoms with Crippen LogP contribution < -0.4 is 10.5 Å². The molecule has 2 saturated heterocycles. The second kappa shape index (κ2) is 8.85. The van der Waals surface area contributed by atoms with Crippen LogP contribution in [0.1, 0.15) is 18.4 Å². The molecule has 2 heterocycles. The third-order valence-corrected chi connectivity index (χ3v) is 6.01. The molecular formula is C17H27IN4O3S. The number of hydrogen-bond acceptors (Lipinski definition) is 4. The molecule has 7 nitrogen and oxygen atoms in total. The van der Waals surface area contributed by atoms with Crippen LogP contribution in [-0.4, -0.2) is 59.2 Å². The highest BCUT2D eigenvalue weighted by atomic mass is 127. The lowest BCUT2D eigenvalue weighted by molar-refractivity contribution is 0.156. The standard InChI is InChI=1S/C17H26N4O3S.HI/c1-19-16(21-10-7-17(12-21)8-11-24-13-17)20-9-6-14-2-4-15(5-3-14)25(18,22)23;/h2-5H,6-13H2,1H3,(H,19,20)(H2,18,22,23);1H. The number of rotatable bonds is 4. The van der Waals surface area contributed by atoms with Crippen molar-refractivity contribution >= 4 is 40.0 Å². The van der Waals surface area contributed by atoms with Gasteiger partial charge in [-0.15, -0.1) is 24.0 Å². The van der Waals surface area contributed by atoms with E-state index in [0.717, 1.165) is 63.6 Å². The van der Waals surface area contributed by atoms with Gasteiger partial charge in [-0.05, 0) is 37.0 Å². The van der Waals surface area contributed by atoms with Crippen molar-refractivity contribution in [2.24, 2.45) is 15.5 Å². The van der Waals surface area contributed by atoms with E-state index in [0.29, 0.717) is 5.41 Å². The van der Waals surface area contributed by atoms with Crippen LogP contribution in [0.25, 0.3) is 0 Å². The van der Waals surface area contributed by atoms with Crippen LogP contribution >= 0.6 is 24.0 Å². The van der Waals surface area contributed by atoms with Gasteiger partial charge in [0.1, 0.15) is 0 Å². The van der Waals surface area contributed by atoms with Gasteiger partial charge < -0.3 is 15.0 Å². The van der Waals surface area contributed by atoms with Crippen molar-refractivity contribution in [1.82, 2.24) is 10.2 Å². The third-order valence-electron chi connectivity index (χ3n) is 5.08. The molecule has 2 aliphatic heterocycles. The van der Waals surface area contributed by atoms with Gasteiger partial charge in [-0.25, -0.2) is 13.6 Å². The van der Waals surface area contributed by atoms with E-state index in [9.17, 15) is 8.42 Å². The van der Waals surface area contributed by atoms with Crippen LogP contribution in [0, 0.1) is 5.41 Å². The average Bonchev–Trinajstić information content (AvgIpc) is 3.22. The molecular weight excluding hydrogens is 467 g/mol. The van der Waals surface area contributed by atoms with Crippen molar-refractivity contribution in [1.29, 1.82) is 0 Å². The zero-order valence-corrected chi connectivity index (χ0v) is 18.1. The number of ether oxygens (including phenoxy) is 1. The van der Waals surface area contributed by atoms with Crippen molar-refractivity contribution in [3.05, 3.63) is 29.8 Å². The Labute approximate surface area is 172 Å². The number of benzene rings is 1. The van der Waals surface area contributed by atoms with E-state index in [1.807, 2.05) is 0 Å². The molecule has 1 unspecified atom stereocenters. The molecule has 1 spiro atoms. The average molecular weight is 494 g/mol. The lowest BCUT2D eigenvalue weighted by atomic mass is 9.87. The lowest BCUT2D eigenvalue weighted by Crippen LogP contribution is -2.42. The highest BCUT2D eigenvalue weighted by Crippen LogP contribution is 2.38. The maximum absolute atomic E-state index is 11.3. The quantitative estimate of drug-likeness (QED) is 0.373. The van der Waals surface area contributed by atoms with Crippen LogP contribution in [-0.2, 0) is 21.2 Å². The van der Waals surface area contributed by atoms with E-state index < -0.39 is 10.0 Å². The molecule has 1 aromatic carbocycles. The molecule has 0 saturated carbocycles. The summed E-state index contributed by atoms with van der Waals surface area (Å²) in [6.07, 6.45) is 3.08. The summed E-state index contributed by atoms with van der Waals surface area (Å²) in [5.74, 6) is 0.921. The number of nitrogens with two attached hydrogens (primary N) is 1. The van der Waals surface area contributed by atoms with Crippen molar-refractivity contribution in [2.45, 2.75) is 24.2 Å². The van der Waals surface area contributed by atoms with Gasteiger partial charge in [-0.3, -0.25) is 4.99 Å². The number of primary sulfonamides is 1. The number of hydrogen-bond donors (Lipinski definition) is 2. The first-order valence-electron chi connectivity index (χ1n) is 8.57. The summed E-state index contributed by atoms with van der Waals surface area (Å²) in [5, 5.41) is 8.52. The monoisotopic (exact) mass is 494 g/mol. The zero-order valence-electron chi connectivity index (χ0n) is 15.0. The number of likely N-dealkylation sites (tertiary alicyclic amines) is 1. The number of nitrogens with one attached hydrogen (secondary N) is 1. The third kappa shape index (κ3) is 5.08. The van der Waals surface area contributed by atoms with Gasteiger partial charge in [0.25, 0.3) is 0 Å². The van der Waals surface area contributed by atoms with E-state index >= 15 is 0 Å². The van der Waals surface area contributed by atoms with Gasteiger partial charge in [-0.2, -0.15) is 0 Å². The summed E-state index contributed by atoms with van der Waals surface area (Å²) < 4.78 is 28.1. The molecule has 0 aliphatic carbocycles. The SMILES string of the molecule is CN=C(NCCc1ccc(S(N)(=O)=O)cc1)N1CCC2(CCOC2)C1.I. The van der Waals surface area contributed by atoms with Crippen molar-refractivity contribution in [2.75, 3.05) is 39.9 Å². The molecule has 3 rings (SSSR count). The highest BCUT2D eigenvalue weighted by molar-refractivity contribution is 14.0. The van der Waals surface area contributed by atoms with Crippen molar-refractivity contribution in [3.8, 4) is 0 Å². The number of guanidine groups is 1. The molecule has 0 bridgehead atoms. The Hall–Kier alpha value is -0.910. The molecule has 2 fully saturated rings. The Bertz CT molecular complexity index is 731. The van der Waals surface area contributed by atoms with Gasteiger partial charge >= 0.3 is 0 Å². The fourth-order valence-electron chi connectivity index (χ4n) is 3.58. The van der Waals surface area contributed by atoms with Crippen molar-refractivity contribution < 1.29 is 13.2 Å². The normalized spacial score (nSPS) is 23.3. The van der Waals surface area contributed by atoms with E-state index in [1.165, 1.54) is 0 Å². The first-order chi connectivity index (χ1) is 11.9. The Kier molecular flexibility index (Phi) is 7.28. The minimum atomic E-state index is -3.63. The molecule has 0 aromatic heterocycles. The second-order valence-electron chi connectivity index (χ2n) is 6.89. The van der Waals surface area contributed by atoms with Gasteiger partial charge in [0.05, 0.1) is 11.5 Å². The van der Waals surface area contributed by atoms with Crippen LogP contribution in [0.3, 0.4) is 0 Å². The van der Waals surface area contributed by atoms with Crippen LogP contribution in [0.2, 0.25) is 0 Å². The predicted molar refractivity (Wildman–Crippen MR) is 112 cm³/mol. The van der Waals surface area contributed by atoms with Crippen LogP contribution in [0.4, 0.5) is 0 Å². The molecule has 9 heteroatoms. The zero-order chi connectivity index (χ0) is 17.9. The van der Waals surface area contributed by atoms with E-state index in [2.05, 4.69) is 15.2 Å². The molecule has 146 valence electrons. The predicted octanol–water partition coefficient (Wildman–Crippen LogP) is 1.18. The summed E-state index contributed by atoms with van der Waals surface area (Å²) in [7, 11) is -1.83. The topological polar surface area (TPSA) is 97.0 Å². The Morgan fingerprint density at radius 1 is 1.35 bits per heavy atom. The minimum Gasteiger partial charge on any atom is -0.381 e. The molecule has 1 aromatic rings. The van der Waals surface area contributed by atoms with Gasteiger partial charge in [-0.1, -0.05) is 12.1 Å². The Morgan fingerprint density at radius 3 is 2.65 bits per heavy atom. The number of nitrogens with zero attached hydrogens (tertiary/aromatic N) is 2.